The van der Waals surface area contributed by atoms with Crippen molar-refractivity contribution in [3.63, 3.8) is 0 Å². The highest BCUT2D eigenvalue weighted by Crippen LogP contribution is 2.33. The Labute approximate surface area is 165 Å². The molecule has 26 heavy (non-hydrogen) atoms. The lowest BCUT2D eigenvalue weighted by Gasteiger charge is -2.20. The molecule has 3 heterocycles. The van der Waals surface area contributed by atoms with Gasteiger partial charge in [-0.05, 0) is 31.5 Å². The smallest absolute Gasteiger partial charge is 0.234 e. The SMILES string of the molecule is CCN1NC(C)=C(c2nn3c(Cc4c(Cl)cccc4Cl)nnc3s2)[C@H]1C. The second-order valence-electron chi connectivity index (χ2n) is 6.21. The first-order chi connectivity index (χ1) is 12.5. The Morgan fingerprint density at radius 1 is 1.23 bits per heavy atom. The Morgan fingerprint density at radius 3 is 2.62 bits per heavy atom. The average Bonchev–Trinajstić information content (AvgIpc) is 3.24. The molecule has 0 amide bonds. The van der Waals surface area contributed by atoms with E-state index in [1.807, 2.05) is 18.2 Å². The summed E-state index contributed by atoms with van der Waals surface area (Å²) in [4.78, 5) is 0.764. The molecular weight excluding hydrogens is 391 g/mol. The number of hydrogen-bond acceptors (Lipinski definition) is 6. The molecule has 0 saturated carbocycles. The van der Waals surface area contributed by atoms with E-state index in [2.05, 4.69) is 41.4 Å². The maximum absolute atomic E-state index is 6.30. The molecule has 2 aromatic heterocycles. The molecule has 1 atom stereocenters. The Kier molecular flexibility index (Phi) is 4.64. The highest BCUT2D eigenvalue weighted by Gasteiger charge is 2.30. The van der Waals surface area contributed by atoms with Gasteiger partial charge in [-0.15, -0.1) is 10.2 Å². The second kappa shape index (κ2) is 6.81. The molecule has 1 aliphatic rings. The van der Waals surface area contributed by atoms with Crippen molar-refractivity contribution < 1.29 is 0 Å². The third-order valence-corrected chi connectivity index (χ3v) is 6.26. The quantitative estimate of drug-likeness (QED) is 0.705. The van der Waals surface area contributed by atoms with Crippen LogP contribution in [0, 0.1) is 0 Å². The molecule has 3 aromatic rings. The van der Waals surface area contributed by atoms with Gasteiger partial charge in [0.25, 0.3) is 0 Å². The van der Waals surface area contributed by atoms with Crippen LogP contribution in [0.5, 0.6) is 0 Å². The summed E-state index contributed by atoms with van der Waals surface area (Å²) in [7, 11) is 0. The van der Waals surface area contributed by atoms with E-state index in [-0.39, 0.29) is 6.04 Å². The second-order valence-corrected chi connectivity index (χ2v) is 7.98. The van der Waals surface area contributed by atoms with E-state index in [1.165, 1.54) is 5.57 Å². The van der Waals surface area contributed by atoms with Crippen LogP contribution in [-0.2, 0) is 6.42 Å². The number of likely N-dealkylation sites (N-methyl/N-ethyl adjacent to an activating group) is 1. The van der Waals surface area contributed by atoms with Gasteiger partial charge in [0.15, 0.2) is 5.82 Å². The van der Waals surface area contributed by atoms with Crippen LogP contribution >= 0.6 is 34.5 Å². The van der Waals surface area contributed by atoms with Crippen LogP contribution in [-0.4, -0.2) is 37.4 Å². The van der Waals surface area contributed by atoms with Gasteiger partial charge < -0.3 is 5.43 Å². The number of allylic oxidation sites excluding steroid dienone is 1. The summed E-state index contributed by atoms with van der Waals surface area (Å²) in [6.07, 6.45) is 0.482. The molecule has 0 unspecified atom stereocenters. The van der Waals surface area contributed by atoms with Crippen LogP contribution in [0.2, 0.25) is 10.0 Å². The Hall–Kier alpha value is -1.67. The molecule has 4 rings (SSSR count). The summed E-state index contributed by atoms with van der Waals surface area (Å²) in [5, 5.41) is 17.7. The number of aromatic nitrogens is 4. The summed E-state index contributed by atoms with van der Waals surface area (Å²) in [6, 6.07) is 5.74. The fraction of sp³-hybridized carbons (Fsp3) is 0.353. The van der Waals surface area contributed by atoms with Crippen molar-refractivity contribution in [2.75, 3.05) is 6.54 Å². The van der Waals surface area contributed by atoms with Crippen LogP contribution < -0.4 is 5.43 Å². The Bertz CT molecular complexity index is 988. The number of nitrogens with one attached hydrogen (secondary N) is 1. The molecule has 0 aliphatic carbocycles. The van der Waals surface area contributed by atoms with E-state index in [0.717, 1.165) is 33.6 Å². The van der Waals surface area contributed by atoms with E-state index in [4.69, 9.17) is 28.3 Å². The van der Waals surface area contributed by atoms with Crippen molar-refractivity contribution >= 4 is 45.1 Å². The average molecular weight is 409 g/mol. The lowest BCUT2D eigenvalue weighted by molar-refractivity contribution is 0.221. The predicted molar refractivity (Wildman–Crippen MR) is 105 cm³/mol. The molecular formula is C17H18Cl2N6S. The zero-order chi connectivity index (χ0) is 18.4. The van der Waals surface area contributed by atoms with Gasteiger partial charge in [0.1, 0.15) is 5.01 Å². The first-order valence-corrected chi connectivity index (χ1v) is 9.95. The first-order valence-electron chi connectivity index (χ1n) is 8.38. The maximum Gasteiger partial charge on any atom is 0.234 e. The number of nitrogens with zero attached hydrogens (tertiary/aromatic N) is 5. The third-order valence-electron chi connectivity index (χ3n) is 4.62. The molecule has 0 saturated heterocycles. The van der Waals surface area contributed by atoms with Crippen LogP contribution in [0.3, 0.4) is 0 Å². The number of hydrogen-bond donors (Lipinski definition) is 1. The van der Waals surface area contributed by atoms with Crippen molar-refractivity contribution in [1.29, 1.82) is 0 Å². The van der Waals surface area contributed by atoms with E-state index in [0.29, 0.717) is 16.5 Å². The lowest BCUT2D eigenvalue weighted by Crippen LogP contribution is -2.36. The molecule has 0 fully saturated rings. The lowest BCUT2D eigenvalue weighted by atomic mass is 10.1. The van der Waals surface area contributed by atoms with E-state index in [1.54, 1.807) is 15.9 Å². The number of rotatable bonds is 4. The summed E-state index contributed by atoms with van der Waals surface area (Å²) >= 11 is 14.1. The summed E-state index contributed by atoms with van der Waals surface area (Å²) in [5.41, 5.74) is 6.57. The normalized spacial score (nSPS) is 18.1. The highest BCUT2D eigenvalue weighted by atomic mass is 35.5. The topological polar surface area (TPSA) is 58.4 Å². The Balaban J connectivity index is 1.71. The number of benzene rings is 1. The van der Waals surface area contributed by atoms with Crippen molar-refractivity contribution in [3.05, 3.63) is 50.3 Å². The molecule has 0 spiro atoms. The molecule has 1 N–H and O–H groups in total. The van der Waals surface area contributed by atoms with Crippen molar-refractivity contribution in [2.24, 2.45) is 0 Å². The molecule has 1 aliphatic heterocycles. The van der Waals surface area contributed by atoms with Crippen molar-refractivity contribution in [3.8, 4) is 0 Å². The Morgan fingerprint density at radius 2 is 1.96 bits per heavy atom. The summed E-state index contributed by atoms with van der Waals surface area (Å²) < 4.78 is 1.79. The van der Waals surface area contributed by atoms with Gasteiger partial charge in [0, 0.05) is 34.3 Å². The van der Waals surface area contributed by atoms with Gasteiger partial charge >= 0.3 is 0 Å². The highest BCUT2D eigenvalue weighted by molar-refractivity contribution is 7.17. The largest absolute Gasteiger partial charge is 0.322 e. The van der Waals surface area contributed by atoms with Gasteiger partial charge in [0.2, 0.25) is 4.96 Å². The van der Waals surface area contributed by atoms with Gasteiger partial charge in [-0.1, -0.05) is 47.5 Å². The van der Waals surface area contributed by atoms with Gasteiger partial charge in [-0.3, -0.25) is 0 Å². The molecule has 6 nitrogen and oxygen atoms in total. The summed E-state index contributed by atoms with van der Waals surface area (Å²) in [5.74, 6) is 0.724. The van der Waals surface area contributed by atoms with E-state index >= 15 is 0 Å². The van der Waals surface area contributed by atoms with Gasteiger partial charge in [0.05, 0.1) is 6.04 Å². The molecule has 136 valence electrons. The standard InChI is InChI=1S/C17H18Cl2N6S/c1-4-24-10(3)15(9(2)22-24)16-23-25-14(20-21-17(25)26-16)8-11-12(18)6-5-7-13(11)19/h5-7,10,22H,4,8H2,1-3H3/t10-/m1/s1. The third kappa shape index (κ3) is 2.89. The van der Waals surface area contributed by atoms with Crippen LogP contribution in [0.1, 0.15) is 37.2 Å². The summed E-state index contributed by atoms with van der Waals surface area (Å²) in [6.45, 7) is 7.30. The van der Waals surface area contributed by atoms with Gasteiger partial charge in [-0.2, -0.15) is 9.61 Å². The number of hydrazine groups is 1. The van der Waals surface area contributed by atoms with Crippen LogP contribution in [0.15, 0.2) is 23.9 Å². The van der Waals surface area contributed by atoms with Gasteiger partial charge in [-0.25, -0.2) is 5.01 Å². The zero-order valence-electron chi connectivity index (χ0n) is 14.6. The zero-order valence-corrected chi connectivity index (χ0v) is 17.0. The minimum Gasteiger partial charge on any atom is -0.322 e. The van der Waals surface area contributed by atoms with Crippen LogP contribution in [0.25, 0.3) is 10.5 Å². The van der Waals surface area contributed by atoms with Crippen molar-refractivity contribution in [1.82, 2.24) is 30.2 Å². The minimum atomic E-state index is 0.255. The minimum absolute atomic E-state index is 0.255. The van der Waals surface area contributed by atoms with E-state index < -0.39 is 0 Å². The first kappa shape index (κ1) is 17.7. The maximum atomic E-state index is 6.30. The monoisotopic (exact) mass is 408 g/mol. The predicted octanol–water partition coefficient (Wildman–Crippen LogP) is 4.04. The fourth-order valence-corrected chi connectivity index (χ4v) is 4.84. The molecule has 0 radical (unpaired) electrons. The molecule has 1 aromatic carbocycles. The van der Waals surface area contributed by atoms with E-state index in [9.17, 15) is 0 Å². The molecule has 9 heteroatoms. The number of fused-ring (bicyclic) bond motifs is 1. The van der Waals surface area contributed by atoms with Crippen LogP contribution in [0.4, 0.5) is 0 Å². The number of halogens is 2. The van der Waals surface area contributed by atoms with Crippen molar-refractivity contribution in [2.45, 2.75) is 33.2 Å². The fourth-order valence-electron chi connectivity index (χ4n) is 3.27. The molecule has 0 bridgehead atoms.